The number of carbonyl (C=O) groups is 2. The average molecular weight is 320 g/mol. The maximum absolute atomic E-state index is 11.8. The number of amides is 2. The number of hydrogen-bond acceptors (Lipinski definition) is 4. The minimum atomic E-state index is -0.114. The van der Waals surface area contributed by atoms with Gasteiger partial charge in [0.1, 0.15) is 0 Å². The molecule has 21 heavy (non-hydrogen) atoms. The van der Waals surface area contributed by atoms with E-state index in [0.717, 1.165) is 11.4 Å². The number of hydrogen-bond donors (Lipinski definition) is 2. The molecule has 6 heteroatoms. The fraction of sp³-hybridized carbons (Fsp3) is 0.200. The van der Waals surface area contributed by atoms with Crippen LogP contribution < -0.4 is 10.6 Å². The quantitative estimate of drug-likeness (QED) is 0.855. The Bertz CT molecular complexity index is 595. The summed E-state index contributed by atoms with van der Waals surface area (Å²) in [6.07, 6.45) is 0. The first-order valence-corrected chi connectivity index (χ1v) is 8.44. The molecule has 0 saturated carbocycles. The number of thiophene rings is 1. The van der Waals surface area contributed by atoms with E-state index >= 15 is 0 Å². The molecule has 2 amide bonds. The monoisotopic (exact) mass is 320 g/mol. The molecular formula is C15H16N2O2S2. The van der Waals surface area contributed by atoms with Gasteiger partial charge in [-0.05, 0) is 35.7 Å². The number of anilines is 2. The van der Waals surface area contributed by atoms with E-state index in [1.807, 2.05) is 11.4 Å². The molecule has 2 rings (SSSR count). The molecule has 0 atom stereocenters. The van der Waals surface area contributed by atoms with Crippen LogP contribution in [0.15, 0.2) is 41.8 Å². The number of thioether (sulfide) groups is 1. The van der Waals surface area contributed by atoms with Crippen molar-refractivity contribution in [2.75, 3.05) is 16.4 Å². The van der Waals surface area contributed by atoms with Gasteiger partial charge in [-0.3, -0.25) is 9.59 Å². The summed E-state index contributed by atoms with van der Waals surface area (Å²) < 4.78 is 0. The summed E-state index contributed by atoms with van der Waals surface area (Å²) in [5.41, 5.74) is 1.44. The van der Waals surface area contributed by atoms with E-state index in [9.17, 15) is 9.59 Å². The van der Waals surface area contributed by atoms with E-state index in [0.29, 0.717) is 11.4 Å². The molecule has 0 bridgehead atoms. The Labute approximate surface area is 131 Å². The molecule has 1 aromatic carbocycles. The van der Waals surface area contributed by atoms with Crippen LogP contribution >= 0.6 is 23.1 Å². The maximum atomic E-state index is 11.8. The zero-order chi connectivity index (χ0) is 15.1. The highest BCUT2D eigenvalue weighted by atomic mass is 32.2. The Kier molecular flexibility index (Phi) is 5.83. The van der Waals surface area contributed by atoms with Gasteiger partial charge in [-0.1, -0.05) is 6.07 Å². The van der Waals surface area contributed by atoms with Crippen LogP contribution in [0.2, 0.25) is 0 Å². The molecule has 0 unspecified atom stereocenters. The Balaban J connectivity index is 1.75. The molecule has 4 nitrogen and oxygen atoms in total. The van der Waals surface area contributed by atoms with Crippen LogP contribution in [0.25, 0.3) is 0 Å². The van der Waals surface area contributed by atoms with Crippen molar-refractivity contribution < 1.29 is 9.59 Å². The Morgan fingerprint density at radius 3 is 2.33 bits per heavy atom. The molecular weight excluding hydrogens is 304 g/mol. The van der Waals surface area contributed by atoms with Crippen LogP contribution in [0.5, 0.6) is 0 Å². The van der Waals surface area contributed by atoms with Crippen molar-refractivity contribution in [3.05, 3.63) is 46.7 Å². The lowest BCUT2D eigenvalue weighted by Gasteiger charge is -2.06. The lowest BCUT2D eigenvalue weighted by molar-refractivity contribution is -0.114. The first-order chi connectivity index (χ1) is 10.1. The van der Waals surface area contributed by atoms with Gasteiger partial charge >= 0.3 is 0 Å². The van der Waals surface area contributed by atoms with Crippen molar-refractivity contribution in [1.29, 1.82) is 0 Å². The second-order valence-corrected chi connectivity index (χ2v) is 6.40. The number of carbonyl (C=O) groups excluding carboxylic acids is 2. The highest BCUT2D eigenvalue weighted by Crippen LogP contribution is 2.18. The van der Waals surface area contributed by atoms with Crippen LogP contribution in [-0.2, 0) is 15.3 Å². The summed E-state index contributed by atoms with van der Waals surface area (Å²) in [4.78, 5) is 24.0. The molecule has 0 aliphatic carbocycles. The van der Waals surface area contributed by atoms with Gasteiger partial charge in [0.15, 0.2) is 0 Å². The topological polar surface area (TPSA) is 58.2 Å². The van der Waals surface area contributed by atoms with Gasteiger partial charge in [0, 0.05) is 28.9 Å². The smallest absolute Gasteiger partial charge is 0.234 e. The minimum Gasteiger partial charge on any atom is -0.326 e. The second-order valence-electron chi connectivity index (χ2n) is 4.38. The first-order valence-electron chi connectivity index (χ1n) is 6.41. The van der Waals surface area contributed by atoms with Crippen LogP contribution in [0, 0.1) is 0 Å². The standard InChI is InChI=1S/C15H16N2O2S2/c1-11(18)16-12-4-6-13(7-5-12)17-15(19)10-20-9-14-3-2-8-21-14/h2-8H,9-10H2,1H3,(H,16,18)(H,17,19). The summed E-state index contributed by atoms with van der Waals surface area (Å²) in [5, 5.41) is 7.55. The molecule has 1 heterocycles. The summed E-state index contributed by atoms with van der Waals surface area (Å²) >= 11 is 3.29. The van der Waals surface area contributed by atoms with E-state index in [1.165, 1.54) is 11.8 Å². The van der Waals surface area contributed by atoms with Crippen molar-refractivity contribution >= 4 is 46.3 Å². The van der Waals surface area contributed by atoms with Crippen molar-refractivity contribution in [1.82, 2.24) is 0 Å². The molecule has 0 saturated heterocycles. The molecule has 0 spiro atoms. The van der Waals surface area contributed by atoms with E-state index in [-0.39, 0.29) is 11.8 Å². The van der Waals surface area contributed by atoms with Gasteiger partial charge in [-0.2, -0.15) is 0 Å². The highest BCUT2D eigenvalue weighted by molar-refractivity contribution is 7.99. The predicted molar refractivity (Wildman–Crippen MR) is 89.9 cm³/mol. The zero-order valence-electron chi connectivity index (χ0n) is 11.6. The van der Waals surface area contributed by atoms with Gasteiger partial charge in [0.2, 0.25) is 11.8 Å². The fourth-order valence-corrected chi connectivity index (χ4v) is 3.34. The maximum Gasteiger partial charge on any atom is 0.234 e. The Hall–Kier alpha value is -1.79. The van der Waals surface area contributed by atoms with Gasteiger partial charge in [-0.15, -0.1) is 23.1 Å². The molecule has 2 aromatic rings. The molecule has 0 aliphatic heterocycles. The van der Waals surface area contributed by atoms with Gasteiger partial charge < -0.3 is 10.6 Å². The third-order valence-corrected chi connectivity index (χ3v) is 4.59. The largest absolute Gasteiger partial charge is 0.326 e. The number of benzene rings is 1. The van der Waals surface area contributed by atoms with E-state index < -0.39 is 0 Å². The van der Waals surface area contributed by atoms with Crippen molar-refractivity contribution in [3.63, 3.8) is 0 Å². The first kappa shape index (κ1) is 15.6. The second kappa shape index (κ2) is 7.85. The zero-order valence-corrected chi connectivity index (χ0v) is 13.2. The van der Waals surface area contributed by atoms with E-state index in [4.69, 9.17) is 0 Å². The minimum absolute atomic E-state index is 0.0242. The average Bonchev–Trinajstić information content (AvgIpc) is 2.93. The lowest BCUT2D eigenvalue weighted by atomic mass is 10.3. The Morgan fingerprint density at radius 2 is 1.76 bits per heavy atom. The molecule has 1 aromatic heterocycles. The van der Waals surface area contributed by atoms with Crippen molar-refractivity contribution in [3.8, 4) is 0 Å². The summed E-state index contributed by atoms with van der Waals surface area (Å²) in [6, 6.07) is 11.1. The SMILES string of the molecule is CC(=O)Nc1ccc(NC(=O)CSCc2cccs2)cc1. The van der Waals surface area contributed by atoms with Crippen molar-refractivity contribution in [2.45, 2.75) is 12.7 Å². The number of rotatable bonds is 6. The lowest BCUT2D eigenvalue weighted by Crippen LogP contribution is -2.14. The van der Waals surface area contributed by atoms with Crippen molar-refractivity contribution in [2.24, 2.45) is 0 Å². The summed E-state index contributed by atoms with van der Waals surface area (Å²) in [5.74, 6) is 1.14. The Morgan fingerprint density at radius 1 is 1.10 bits per heavy atom. The van der Waals surface area contributed by atoms with Crippen LogP contribution in [0.3, 0.4) is 0 Å². The third kappa shape index (κ3) is 5.61. The fourth-order valence-electron chi connectivity index (χ4n) is 1.68. The molecule has 2 N–H and O–H groups in total. The van der Waals surface area contributed by atoms with E-state index in [2.05, 4.69) is 16.7 Å². The highest BCUT2D eigenvalue weighted by Gasteiger charge is 2.04. The van der Waals surface area contributed by atoms with E-state index in [1.54, 1.807) is 47.4 Å². The predicted octanol–water partition coefficient (Wildman–Crippen LogP) is 3.58. The normalized spacial score (nSPS) is 10.1. The third-order valence-electron chi connectivity index (χ3n) is 2.55. The van der Waals surface area contributed by atoms with Gasteiger partial charge in [-0.25, -0.2) is 0 Å². The molecule has 0 radical (unpaired) electrons. The summed E-state index contributed by atoms with van der Waals surface area (Å²) in [7, 11) is 0. The molecule has 0 fully saturated rings. The van der Waals surface area contributed by atoms with Gasteiger partial charge in [0.25, 0.3) is 0 Å². The number of nitrogens with one attached hydrogen (secondary N) is 2. The summed E-state index contributed by atoms with van der Waals surface area (Å²) in [6.45, 7) is 1.46. The van der Waals surface area contributed by atoms with Crippen LogP contribution in [0.4, 0.5) is 11.4 Å². The molecule has 0 aliphatic rings. The molecule has 110 valence electrons. The van der Waals surface area contributed by atoms with Crippen LogP contribution in [0.1, 0.15) is 11.8 Å². The van der Waals surface area contributed by atoms with Crippen LogP contribution in [-0.4, -0.2) is 17.6 Å². The van der Waals surface area contributed by atoms with Gasteiger partial charge in [0.05, 0.1) is 5.75 Å².